The Morgan fingerprint density at radius 1 is 1.00 bits per heavy atom. The van der Waals surface area contributed by atoms with Gasteiger partial charge in [0.2, 0.25) is 0 Å². The first-order valence-corrected chi connectivity index (χ1v) is 8.57. The number of hydrogen-bond acceptors (Lipinski definition) is 2. The van der Waals surface area contributed by atoms with Crippen molar-refractivity contribution in [1.29, 1.82) is 0 Å². The Hall–Kier alpha value is -1.47. The predicted octanol–water partition coefficient (Wildman–Crippen LogP) is 3.71. The Bertz CT molecular complexity index is 505. The van der Waals surface area contributed by atoms with Gasteiger partial charge in [-0.3, -0.25) is 10.9 Å². The largest absolute Gasteiger partial charge is 0.359 e. The lowest BCUT2D eigenvalue weighted by Gasteiger charge is -2.18. The van der Waals surface area contributed by atoms with Gasteiger partial charge in [0.25, 0.3) is 0 Å². The maximum absolute atomic E-state index is 12.8. The van der Waals surface area contributed by atoms with Gasteiger partial charge in [-0.05, 0) is 68.0 Å². The summed E-state index contributed by atoms with van der Waals surface area (Å²) in [6, 6.07) is 6.24. The SMILES string of the molecule is CC(C)CCC[C@H](C)NC(=S)NNC(=S)Nc1ccc(F)cc1. The highest BCUT2D eigenvalue weighted by molar-refractivity contribution is 7.80. The van der Waals surface area contributed by atoms with Crippen LogP contribution in [0.4, 0.5) is 10.1 Å². The smallest absolute Gasteiger partial charge is 0.189 e. The van der Waals surface area contributed by atoms with Crippen molar-refractivity contribution in [2.24, 2.45) is 5.92 Å². The van der Waals surface area contributed by atoms with Gasteiger partial charge in [0, 0.05) is 11.7 Å². The summed E-state index contributed by atoms with van der Waals surface area (Å²) in [5.74, 6) is 0.438. The number of hydrazine groups is 1. The molecule has 1 aromatic rings. The highest BCUT2D eigenvalue weighted by atomic mass is 32.1. The van der Waals surface area contributed by atoms with Gasteiger partial charge in [-0.25, -0.2) is 4.39 Å². The van der Waals surface area contributed by atoms with Crippen LogP contribution >= 0.6 is 24.4 Å². The van der Waals surface area contributed by atoms with Crippen LogP contribution in [-0.2, 0) is 0 Å². The lowest BCUT2D eigenvalue weighted by atomic mass is 10.0. The van der Waals surface area contributed by atoms with E-state index in [0.29, 0.717) is 22.0 Å². The minimum Gasteiger partial charge on any atom is -0.359 e. The van der Waals surface area contributed by atoms with E-state index in [0.717, 1.165) is 12.3 Å². The first-order valence-electron chi connectivity index (χ1n) is 7.76. The molecule has 0 saturated carbocycles. The fourth-order valence-corrected chi connectivity index (χ4v) is 2.39. The van der Waals surface area contributed by atoms with Crippen LogP contribution in [0.3, 0.4) is 0 Å². The van der Waals surface area contributed by atoms with Crippen LogP contribution in [0.1, 0.15) is 40.0 Å². The van der Waals surface area contributed by atoms with Gasteiger partial charge >= 0.3 is 0 Å². The minimum atomic E-state index is -0.288. The van der Waals surface area contributed by atoms with Crippen molar-refractivity contribution in [2.45, 2.75) is 46.1 Å². The summed E-state index contributed by atoms with van der Waals surface area (Å²) in [5.41, 5.74) is 6.34. The van der Waals surface area contributed by atoms with E-state index in [2.05, 4.69) is 42.3 Å². The van der Waals surface area contributed by atoms with E-state index < -0.39 is 0 Å². The van der Waals surface area contributed by atoms with Crippen LogP contribution < -0.4 is 21.5 Å². The van der Waals surface area contributed by atoms with Crippen molar-refractivity contribution >= 4 is 40.3 Å². The molecule has 0 aliphatic heterocycles. The number of hydrogen-bond donors (Lipinski definition) is 4. The molecular formula is C16H25FN4S2. The molecule has 0 aliphatic carbocycles. The van der Waals surface area contributed by atoms with E-state index in [4.69, 9.17) is 24.4 Å². The number of halogens is 1. The zero-order valence-electron chi connectivity index (χ0n) is 13.8. The Labute approximate surface area is 148 Å². The van der Waals surface area contributed by atoms with E-state index in [-0.39, 0.29) is 5.82 Å². The summed E-state index contributed by atoms with van der Waals surface area (Å²) in [6.45, 7) is 6.55. The molecule has 0 aliphatic rings. The quantitative estimate of drug-likeness (QED) is 0.461. The maximum atomic E-state index is 12.8. The third-order valence-corrected chi connectivity index (χ3v) is 3.61. The summed E-state index contributed by atoms with van der Waals surface area (Å²) >= 11 is 10.3. The zero-order valence-corrected chi connectivity index (χ0v) is 15.4. The molecular weight excluding hydrogens is 331 g/mol. The molecule has 0 spiro atoms. The molecule has 0 saturated heterocycles. The highest BCUT2D eigenvalue weighted by Gasteiger charge is 2.05. The molecule has 0 bridgehead atoms. The number of benzene rings is 1. The molecule has 1 rings (SSSR count). The van der Waals surface area contributed by atoms with E-state index in [1.165, 1.54) is 25.0 Å². The van der Waals surface area contributed by atoms with Crippen LogP contribution in [0.5, 0.6) is 0 Å². The fraction of sp³-hybridized carbons (Fsp3) is 0.500. The highest BCUT2D eigenvalue weighted by Crippen LogP contribution is 2.08. The molecule has 4 N–H and O–H groups in total. The number of rotatable bonds is 6. The van der Waals surface area contributed by atoms with E-state index >= 15 is 0 Å². The topological polar surface area (TPSA) is 48.1 Å². The molecule has 23 heavy (non-hydrogen) atoms. The van der Waals surface area contributed by atoms with Crippen LogP contribution in [-0.4, -0.2) is 16.3 Å². The monoisotopic (exact) mass is 356 g/mol. The molecule has 128 valence electrons. The van der Waals surface area contributed by atoms with Crippen molar-refractivity contribution in [2.75, 3.05) is 5.32 Å². The molecule has 1 aromatic carbocycles. The average Bonchev–Trinajstić information content (AvgIpc) is 2.47. The van der Waals surface area contributed by atoms with Crippen molar-refractivity contribution in [3.05, 3.63) is 30.1 Å². The van der Waals surface area contributed by atoms with Gasteiger partial charge < -0.3 is 10.6 Å². The van der Waals surface area contributed by atoms with Gasteiger partial charge in [-0.1, -0.05) is 26.7 Å². The van der Waals surface area contributed by atoms with Crippen LogP contribution in [0.15, 0.2) is 24.3 Å². The van der Waals surface area contributed by atoms with Gasteiger partial charge in [-0.2, -0.15) is 0 Å². The molecule has 0 heterocycles. The zero-order chi connectivity index (χ0) is 17.2. The average molecular weight is 357 g/mol. The van der Waals surface area contributed by atoms with E-state index in [1.807, 2.05) is 0 Å². The number of nitrogens with one attached hydrogen (secondary N) is 4. The molecule has 0 amide bonds. The Morgan fingerprint density at radius 2 is 1.61 bits per heavy atom. The Balaban J connectivity index is 2.21. The van der Waals surface area contributed by atoms with Crippen molar-refractivity contribution < 1.29 is 4.39 Å². The van der Waals surface area contributed by atoms with Gasteiger partial charge in [0.1, 0.15) is 5.82 Å². The second-order valence-electron chi connectivity index (χ2n) is 5.91. The lowest BCUT2D eigenvalue weighted by Crippen LogP contribution is -2.50. The molecule has 4 nitrogen and oxygen atoms in total. The molecule has 0 radical (unpaired) electrons. The van der Waals surface area contributed by atoms with Gasteiger partial charge in [-0.15, -0.1) is 0 Å². The molecule has 7 heteroatoms. The molecule has 0 unspecified atom stereocenters. The fourth-order valence-electron chi connectivity index (χ4n) is 1.97. The van der Waals surface area contributed by atoms with Gasteiger partial charge in [0.15, 0.2) is 10.2 Å². The van der Waals surface area contributed by atoms with Crippen molar-refractivity contribution in [3.8, 4) is 0 Å². The van der Waals surface area contributed by atoms with Crippen LogP contribution in [0.25, 0.3) is 0 Å². The first-order chi connectivity index (χ1) is 10.9. The summed E-state index contributed by atoms with van der Waals surface area (Å²) in [5, 5.41) is 6.98. The van der Waals surface area contributed by atoms with E-state index in [1.54, 1.807) is 12.1 Å². The Kier molecular flexibility index (Phi) is 8.79. The van der Waals surface area contributed by atoms with Crippen LogP contribution in [0, 0.1) is 11.7 Å². The maximum Gasteiger partial charge on any atom is 0.189 e. The van der Waals surface area contributed by atoms with Crippen molar-refractivity contribution in [1.82, 2.24) is 16.2 Å². The van der Waals surface area contributed by atoms with Gasteiger partial charge in [0.05, 0.1) is 0 Å². The third-order valence-electron chi connectivity index (χ3n) is 3.19. The number of anilines is 1. The standard InChI is InChI=1S/C16H25FN4S2/c1-11(2)5-4-6-12(3)18-15(22)20-21-16(23)19-14-9-7-13(17)8-10-14/h7-12H,4-6H2,1-3H3,(H2,18,20,22)(H2,19,21,23)/t12-/m0/s1. The van der Waals surface area contributed by atoms with Crippen LogP contribution in [0.2, 0.25) is 0 Å². The summed E-state index contributed by atoms with van der Waals surface area (Å²) in [4.78, 5) is 0. The van der Waals surface area contributed by atoms with E-state index in [9.17, 15) is 4.39 Å². The first kappa shape index (κ1) is 19.6. The lowest BCUT2D eigenvalue weighted by molar-refractivity contribution is 0.492. The van der Waals surface area contributed by atoms with Crippen molar-refractivity contribution in [3.63, 3.8) is 0 Å². The molecule has 1 atom stereocenters. The minimum absolute atomic E-state index is 0.288. The molecule has 0 fully saturated rings. The normalized spacial score (nSPS) is 11.7. The second-order valence-corrected chi connectivity index (χ2v) is 6.73. The predicted molar refractivity (Wildman–Crippen MR) is 103 cm³/mol. The summed E-state index contributed by atoms with van der Waals surface area (Å²) in [6.07, 6.45) is 3.46. The summed E-state index contributed by atoms with van der Waals surface area (Å²) < 4.78 is 12.8. The third kappa shape index (κ3) is 9.30. The molecule has 0 aromatic heterocycles. The second kappa shape index (κ2) is 10.3. The number of thiocarbonyl (C=S) groups is 2. The Morgan fingerprint density at radius 3 is 2.22 bits per heavy atom. The summed E-state index contributed by atoms with van der Waals surface area (Å²) in [7, 11) is 0.